The van der Waals surface area contributed by atoms with Gasteiger partial charge in [0.15, 0.2) is 0 Å². The summed E-state index contributed by atoms with van der Waals surface area (Å²) in [5, 5.41) is 5.50. The van der Waals surface area contributed by atoms with Crippen molar-refractivity contribution in [1.82, 2.24) is 10.6 Å². The van der Waals surface area contributed by atoms with Gasteiger partial charge in [0, 0.05) is 25.1 Å². The zero-order chi connectivity index (χ0) is 14.1. The van der Waals surface area contributed by atoms with Gasteiger partial charge in [0.05, 0.1) is 6.67 Å². The Balaban J connectivity index is 4.31. The van der Waals surface area contributed by atoms with Crippen LogP contribution in [0, 0.1) is 11.8 Å². The zero-order valence-electron chi connectivity index (χ0n) is 11.6. The van der Waals surface area contributed by atoms with E-state index in [1.54, 1.807) is 0 Å². The second kappa shape index (κ2) is 8.69. The summed E-state index contributed by atoms with van der Waals surface area (Å²) in [5.74, 6) is -0.0535. The van der Waals surface area contributed by atoms with E-state index < -0.39 is 0 Å². The maximum atomic E-state index is 11.5. The molecular weight excluding hydrogens is 230 g/mol. The minimum atomic E-state index is -0.240. The van der Waals surface area contributed by atoms with Crippen molar-refractivity contribution in [2.45, 2.75) is 33.1 Å². The molecule has 0 aromatic carbocycles. The molecule has 5 nitrogen and oxygen atoms in total. The van der Waals surface area contributed by atoms with Gasteiger partial charge in [-0.05, 0) is 25.7 Å². The molecule has 0 aliphatic rings. The molecule has 0 radical (unpaired) electrons. The van der Waals surface area contributed by atoms with Crippen molar-refractivity contribution < 1.29 is 9.59 Å². The van der Waals surface area contributed by atoms with Gasteiger partial charge in [-0.1, -0.05) is 13.5 Å². The molecule has 1 amide bonds. The van der Waals surface area contributed by atoms with Crippen LogP contribution in [0.1, 0.15) is 33.1 Å². The fourth-order valence-corrected chi connectivity index (χ4v) is 1.89. The van der Waals surface area contributed by atoms with Crippen molar-refractivity contribution in [3.63, 3.8) is 0 Å². The van der Waals surface area contributed by atoms with E-state index in [1.165, 1.54) is 6.92 Å². The number of carbonyl (C=O) groups excluding carboxylic acids is 2. The van der Waals surface area contributed by atoms with Gasteiger partial charge in [0.1, 0.15) is 5.78 Å². The van der Waals surface area contributed by atoms with Gasteiger partial charge < -0.3 is 16.4 Å². The fraction of sp³-hybridized carbons (Fsp3) is 0.692. The smallest absolute Gasteiger partial charge is 0.221 e. The van der Waals surface area contributed by atoms with Crippen LogP contribution in [0.3, 0.4) is 0 Å². The molecule has 0 aliphatic carbocycles. The zero-order valence-corrected chi connectivity index (χ0v) is 11.6. The number of carbonyl (C=O) groups is 2. The lowest BCUT2D eigenvalue weighted by atomic mass is 9.88. The SMILES string of the molecule is C=C(CC(C)CC(CC(=O)NCN)C(C)=O)NC. The predicted octanol–water partition coefficient (Wildman–Crippen LogP) is 0.764. The third-order valence-corrected chi connectivity index (χ3v) is 2.94. The Morgan fingerprint density at radius 2 is 1.94 bits per heavy atom. The second-order valence-electron chi connectivity index (χ2n) is 4.71. The van der Waals surface area contributed by atoms with E-state index in [0.717, 1.165) is 12.1 Å². The van der Waals surface area contributed by atoms with Crippen LogP contribution in [0.5, 0.6) is 0 Å². The Kier molecular flexibility index (Phi) is 8.03. The number of rotatable bonds is 9. The van der Waals surface area contributed by atoms with Crippen LogP contribution in [0.4, 0.5) is 0 Å². The first-order chi connectivity index (χ1) is 8.40. The summed E-state index contributed by atoms with van der Waals surface area (Å²) in [6.07, 6.45) is 1.70. The van der Waals surface area contributed by atoms with Crippen molar-refractivity contribution in [1.29, 1.82) is 0 Å². The lowest BCUT2D eigenvalue weighted by Crippen LogP contribution is -2.32. The third-order valence-electron chi connectivity index (χ3n) is 2.94. The van der Waals surface area contributed by atoms with Crippen molar-refractivity contribution in [2.75, 3.05) is 13.7 Å². The molecule has 0 saturated carbocycles. The van der Waals surface area contributed by atoms with Crippen LogP contribution in [-0.4, -0.2) is 25.4 Å². The molecule has 0 aliphatic heterocycles. The summed E-state index contributed by atoms with van der Waals surface area (Å²) in [7, 11) is 1.83. The predicted molar refractivity (Wildman–Crippen MR) is 72.6 cm³/mol. The Hall–Kier alpha value is -1.36. The average molecular weight is 255 g/mol. The van der Waals surface area contributed by atoms with Gasteiger partial charge in [-0.15, -0.1) is 0 Å². The molecule has 0 heterocycles. The van der Waals surface area contributed by atoms with E-state index in [9.17, 15) is 9.59 Å². The summed E-state index contributed by atoms with van der Waals surface area (Å²) in [4.78, 5) is 23.0. The number of ketones is 1. The van der Waals surface area contributed by atoms with Crippen molar-refractivity contribution >= 4 is 11.7 Å². The number of nitrogens with one attached hydrogen (secondary N) is 2. The molecule has 0 bridgehead atoms. The highest BCUT2D eigenvalue weighted by Crippen LogP contribution is 2.21. The van der Waals surface area contributed by atoms with Gasteiger partial charge in [-0.2, -0.15) is 0 Å². The minimum absolute atomic E-state index is 0.0455. The summed E-state index contributed by atoms with van der Waals surface area (Å²) in [6, 6.07) is 0. The average Bonchev–Trinajstić information content (AvgIpc) is 2.27. The first-order valence-electron chi connectivity index (χ1n) is 6.23. The standard InChI is InChI=1S/C13H25N3O2/c1-9(5-10(2)15-4)6-12(11(3)17)7-13(18)16-8-14/h9,12,15H,2,5-8,14H2,1,3-4H3,(H,16,18). The minimum Gasteiger partial charge on any atom is -0.392 e. The highest BCUT2D eigenvalue weighted by Gasteiger charge is 2.21. The summed E-state index contributed by atoms with van der Waals surface area (Å²) < 4.78 is 0. The van der Waals surface area contributed by atoms with E-state index in [1.807, 2.05) is 7.05 Å². The van der Waals surface area contributed by atoms with Crippen molar-refractivity contribution in [3.05, 3.63) is 12.3 Å². The molecule has 2 atom stereocenters. The number of nitrogens with two attached hydrogens (primary N) is 1. The molecule has 4 N–H and O–H groups in total. The number of allylic oxidation sites excluding steroid dienone is 1. The van der Waals surface area contributed by atoms with Gasteiger partial charge in [-0.25, -0.2) is 0 Å². The van der Waals surface area contributed by atoms with Gasteiger partial charge >= 0.3 is 0 Å². The molecule has 104 valence electrons. The van der Waals surface area contributed by atoms with Crippen LogP contribution in [0.25, 0.3) is 0 Å². The molecule has 0 saturated heterocycles. The summed E-state index contributed by atoms with van der Waals surface area (Å²) >= 11 is 0. The molecule has 5 heteroatoms. The Morgan fingerprint density at radius 3 is 2.39 bits per heavy atom. The summed E-state index contributed by atoms with van der Waals surface area (Å²) in [6.45, 7) is 7.55. The molecule has 0 rings (SSSR count). The third kappa shape index (κ3) is 7.06. The van der Waals surface area contributed by atoms with E-state index in [2.05, 4.69) is 24.1 Å². The van der Waals surface area contributed by atoms with Gasteiger partial charge in [0.25, 0.3) is 0 Å². The van der Waals surface area contributed by atoms with E-state index >= 15 is 0 Å². The van der Waals surface area contributed by atoms with E-state index in [-0.39, 0.29) is 30.7 Å². The number of amides is 1. The van der Waals surface area contributed by atoms with Crippen LogP contribution >= 0.6 is 0 Å². The quantitative estimate of drug-likeness (QED) is 0.531. The molecule has 0 fully saturated rings. The molecule has 2 unspecified atom stereocenters. The first-order valence-corrected chi connectivity index (χ1v) is 6.23. The lowest BCUT2D eigenvalue weighted by molar-refractivity contribution is -0.128. The second-order valence-corrected chi connectivity index (χ2v) is 4.71. The van der Waals surface area contributed by atoms with Crippen LogP contribution in [0.2, 0.25) is 0 Å². The normalized spacial score (nSPS) is 13.6. The Bertz CT molecular complexity index is 303. The van der Waals surface area contributed by atoms with Gasteiger partial charge in [-0.3, -0.25) is 9.59 Å². The van der Waals surface area contributed by atoms with Crippen LogP contribution in [-0.2, 0) is 9.59 Å². The molecule has 0 aromatic rings. The maximum absolute atomic E-state index is 11.5. The monoisotopic (exact) mass is 255 g/mol. The van der Waals surface area contributed by atoms with Crippen molar-refractivity contribution in [3.8, 4) is 0 Å². The fourth-order valence-electron chi connectivity index (χ4n) is 1.89. The van der Waals surface area contributed by atoms with E-state index in [4.69, 9.17) is 5.73 Å². The lowest BCUT2D eigenvalue weighted by Gasteiger charge is -2.19. The highest BCUT2D eigenvalue weighted by molar-refractivity contribution is 5.85. The topological polar surface area (TPSA) is 84.2 Å². The Labute approximate surface area is 109 Å². The molecule has 0 aromatic heterocycles. The molecule has 18 heavy (non-hydrogen) atoms. The van der Waals surface area contributed by atoms with Crippen molar-refractivity contribution in [2.24, 2.45) is 17.6 Å². The Morgan fingerprint density at radius 1 is 1.33 bits per heavy atom. The van der Waals surface area contributed by atoms with Crippen LogP contribution < -0.4 is 16.4 Å². The van der Waals surface area contributed by atoms with Crippen LogP contribution in [0.15, 0.2) is 12.3 Å². The number of hydrogen-bond acceptors (Lipinski definition) is 4. The largest absolute Gasteiger partial charge is 0.392 e. The number of Topliss-reactive ketones (excluding diaryl/α,β-unsaturated/α-hetero) is 1. The maximum Gasteiger partial charge on any atom is 0.221 e. The first kappa shape index (κ1) is 16.6. The molecule has 0 spiro atoms. The van der Waals surface area contributed by atoms with E-state index in [0.29, 0.717) is 12.3 Å². The molecular formula is C13H25N3O2. The summed E-state index contributed by atoms with van der Waals surface area (Å²) in [5.41, 5.74) is 6.17. The highest BCUT2D eigenvalue weighted by atomic mass is 16.2. The van der Waals surface area contributed by atoms with Gasteiger partial charge in [0.2, 0.25) is 5.91 Å². The number of hydrogen-bond donors (Lipinski definition) is 3.